The van der Waals surface area contributed by atoms with Gasteiger partial charge in [0, 0.05) is 35.9 Å². The second kappa shape index (κ2) is 10.3. The van der Waals surface area contributed by atoms with Crippen LogP contribution in [0.25, 0.3) is 11.8 Å². The lowest BCUT2D eigenvalue weighted by atomic mass is 10.1. The summed E-state index contributed by atoms with van der Waals surface area (Å²) in [5, 5.41) is 2.76. The Balaban J connectivity index is 1.45. The van der Waals surface area contributed by atoms with Crippen LogP contribution in [0, 0.1) is 13.8 Å². The first kappa shape index (κ1) is 24.9. The average molecular weight is 515 g/mol. The van der Waals surface area contributed by atoms with Crippen molar-refractivity contribution >= 4 is 46.6 Å². The molecule has 0 spiro atoms. The molecule has 37 heavy (non-hydrogen) atoms. The number of rotatable bonds is 5. The first-order valence-corrected chi connectivity index (χ1v) is 12.9. The largest absolute Gasteiger partial charge is 0.378 e. The van der Waals surface area contributed by atoms with Crippen LogP contribution in [0.1, 0.15) is 29.4 Å². The number of amides is 2. The van der Waals surface area contributed by atoms with Gasteiger partial charge in [0.05, 0.1) is 18.9 Å². The zero-order valence-corrected chi connectivity index (χ0v) is 22.1. The Labute approximate surface area is 222 Å². The molecule has 0 atom stereocenters. The number of benzene rings is 2. The van der Waals surface area contributed by atoms with Crippen molar-refractivity contribution in [2.45, 2.75) is 27.2 Å². The van der Waals surface area contributed by atoms with E-state index < -0.39 is 11.8 Å². The molecule has 7 nitrogen and oxygen atoms in total. The van der Waals surface area contributed by atoms with Gasteiger partial charge in [0.2, 0.25) is 0 Å². The highest BCUT2D eigenvalue weighted by Crippen LogP contribution is 2.27. The first-order valence-electron chi connectivity index (χ1n) is 12.5. The minimum Gasteiger partial charge on any atom is -0.378 e. The van der Waals surface area contributed by atoms with Crippen molar-refractivity contribution in [1.82, 2.24) is 9.88 Å². The van der Waals surface area contributed by atoms with Crippen LogP contribution in [0.4, 0.5) is 11.4 Å². The Hall–Kier alpha value is -3.75. The van der Waals surface area contributed by atoms with Crippen molar-refractivity contribution in [1.29, 1.82) is 0 Å². The number of anilines is 2. The maximum atomic E-state index is 13.5. The Bertz CT molecular complexity index is 1380. The van der Waals surface area contributed by atoms with Gasteiger partial charge in [0.25, 0.3) is 11.8 Å². The van der Waals surface area contributed by atoms with Crippen molar-refractivity contribution in [3.63, 3.8) is 0 Å². The van der Waals surface area contributed by atoms with Crippen LogP contribution < -0.4 is 15.1 Å². The van der Waals surface area contributed by atoms with Gasteiger partial charge in [0.15, 0.2) is 5.11 Å². The fourth-order valence-corrected chi connectivity index (χ4v) is 5.17. The van der Waals surface area contributed by atoms with Gasteiger partial charge in [-0.1, -0.05) is 19.1 Å². The number of aromatic nitrogens is 1. The number of thiocarbonyl (C=S) groups is 1. The summed E-state index contributed by atoms with van der Waals surface area (Å²) in [6.45, 7) is 9.34. The molecule has 2 aliphatic heterocycles. The first-order chi connectivity index (χ1) is 17.9. The molecule has 2 aromatic carbocycles. The molecule has 0 saturated carbocycles. The van der Waals surface area contributed by atoms with Crippen molar-refractivity contribution in [2.75, 3.05) is 36.1 Å². The minimum atomic E-state index is -0.490. The number of nitrogens with one attached hydrogen (secondary N) is 1. The Morgan fingerprint density at radius 1 is 0.946 bits per heavy atom. The number of morpholine rings is 1. The normalized spacial score (nSPS) is 17.5. The molecule has 0 bridgehead atoms. The summed E-state index contributed by atoms with van der Waals surface area (Å²) in [6, 6.07) is 18.1. The topological polar surface area (TPSA) is 66.8 Å². The fourth-order valence-electron chi connectivity index (χ4n) is 4.89. The second-order valence-electron chi connectivity index (χ2n) is 9.26. The van der Waals surface area contributed by atoms with Crippen LogP contribution in [-0.2, 0) is 20.7 Å². The molecule has 2 amide bonds. The van der Waals surface area contributed by atoms with Crippen molar-refractivity contribution in [3.8, 4) is 5.69 Å². The molecule has 0 aliphatic carbocycles. The lowest BCUT2D eigenvalue weighted by Crippen LogP contribution is -2.54. The third-order valence-corrected chi connectivity index (χ3v) is 7.24. The molecule has 3 heterocycles. The minimum absolute atomic E-state index is 0.0519. The van der Waals surface area contributed by atoms with Gasteiger partial charge in [-0.15, -0.1) is 0 Å². The zero-order chi connectivity index (χ0) is 26.1. The van der Waals surface area contributed by atoms with Gasteiger partial charge in [-0.25, -0.2) is 0 Å². The van der Waals surface area contributed by atoms with E-state index in [0.717, 1.165) is 60.9 Å². The molecule has 1 N–H and O–H groups in total. The lowest BCUT2D eigenvalue weighted by Gasteiger charge is -2.29. The highest BCUT2D eigenvalue weighted by atomic mass is 32.1. The zero-order valence-electron chi connectivity index (χ0n) is 21.3. The molecule has 0 radical (unpaired) electrons. The summed E-state index contributed by atoms with van der Waals surface area (Å²) < 4.78 is 7.59. The van der Waals surface area contributed by atoms with E-state index in [4.69, 9.17) is 17.0 Å². The van der Waals surface area contributed by atoms with Gasteiger partial charge in [-0.05, 0) is 92.2 Å². The van der Waals surface area contributed by atoms with E-state index in [9.17, 15) is 9.59 Å². The molecular weight excluding hydrogens is 484 g/mol. The molecular formula is C29H30N4O3S. The van der Waals surface area contributed by atoms with Gasteiger partial charge < -0.3 is 14.2 Å². The molecule has 2 aliphatic rings. The van der Waals surface area contributed by atoms with Crippen LogP contribution in [0.3, 0.4) is 0 Å². The van der Waals surface area contributed by atoms with E-state index in [2.05, 4.69) is 46.0 Å². The SMILES string of the molecule is CCc1ccc(N2C(=O)/C(=C/c3cc(C)n(-c4ccc(N5CCOCC5)cc4)c3C)C(=O)NC2=S)cc1. The number of carbonyl (C=O) groups is 2. The van der Waals surface area contributed by atoms with E-state index >= 15 is 0 Å². The van der Waals surface area contributed by atoms with Gasteiger partial charge in [-0.2, -0.15) is 0 Å². The van der Waals surface area contributed by atoms with Crippen molar-refractivity contribution in [2.24, 2.45) is 0 Å². The lowest BCUT2D eigenvalue weighted by molar-refractivity contribution is -0.122. The number of hydrogen-bond acceptors (Lipinski definition) is 5. The molecule has 2 saturated heterocycles. The maximum absolute atomic E-state index is 13.5. The quantitative estimate of drug-likeness (QED) is 0.312. The summed E-state index contributed by atoms with van der Waals surface area (Å²) in [5.74, 6) is -0.922. The molecule has 3 aromatic rings. The van der Waals surface area contributed by atoms with Gasteiger partial charge in [0.1, 0.15) is 5.57 Å². The summed E-state index contributed by atoms with van der Waals surface area (Å²) in [5.41, 5.74) is 6.79. The number of ether oxygens (including phenoxy) is 1. The van der Waals surface area contributed by atoms with E-state index in [0.29, 0.717) is 5.69 Å². The average Bonchev–Trinajstić information content (AvgIpc) is 3.19. The maximum Gasteiger partial charge on any atom is 0.270 e. The molecule has 2 fully saturated rings. The number of aryl methyl sites for hydroxylation is 2. The van der Waals surface area contributed by atoms with Crippen LogP contribution in [0.5, 0.6) is 0 Å². The monoisotopic (exact) mass is 514 g/mol. The highest BCUT2D eigenvalue weighted by Gasteiger charge is 2.34. The molecule has 190 valence electrons. The summed E-state index contributed by atoms with van der Waals surface area (Å²) >= 11 is 5.35. The predicted molar refractivity (Wildman–Crippen MR) is 150 cm³/mol. The number of nitrogens with zero attached hydrogens (tertiary/aromatic N) is 3. The van der Waals surface area contributed by atoms with Crippen LogP contribution in [0.2, 0.25) is 0 Å². The van der Waals surface area contributed by atoms with E-state index in [1.807, 2.05) is 44.2 Å². The van der Waals surface area contributed by atoms with Crippen LogP contribution >= 0.6 is 12.2 Å². The Kier molecular flexibility index (Phi) is 6.95. The van der Waals surface area contributed by atoms with Crippen molar-refractivity contribution < 1.29 is 14.3 Å². The van der Waals surface area contributed by atoms with E-state index in [1.165, 1.54) is 10.6 Å². The fraction of sp³-hybridized carbons (Fsp3) is 0.276. The molecule has 1 aromatic heterocycles. The van der Waals surface area contributed by atoms with Crippen LogP contribution in [0.15, 0.2) is 60.2 Å². The molecule has 8 heteroatoms. The smallest absolute Gasteiger partial charge is 0.270 e. The van der Waals surface area contributed by atoms with Crippen LogP contribution in [-0.4, -0.2) is 47.8 Å². The van der Waals surface area contributed by atoms with E-state index in [-0.39, 0.29) is 10.7 Å². The van der Waals surface area contributed by atoms with Gasteiger partial charge >= 0.3 is 0 Å². The highest BCUT2D eigenvalue weighted by molar-refractivity contribution is 7.80. The summed E-state index contributed by atoms with van der Waals surface area (Å²) in [7, 11) is 0. The van der Waals surface area contributed by atoms with Gasteiger partial charge in [-0.3, -0.25) is 19.8 Å². The standard InChI is InChI=1S/C29H30N4O3S/c1-4-21-5-7-25(8-6-21)33-28(35)26(27(34)30-29(33)37)18-22-17-19(2)32(20(22)3)24-11-9-23(10-12-24)31-13-15-36-16-14-31/h5-12,17-18H,4,13-16H2,1-3H3,(H,30,34,37)/b26-18+. The Morgan fingerprint density at radius 3 is 2.22 bits per heavy atom. The summed E-state index contributed by atoms with van der Waals surface area (Å²) in [6.07, 6.45) is 2.56. The third kappa shape index (κ3) is 4.82. The second-order valence-corrected chi connectivity index (χ2v) is 9.64. The Morgan fingerprint density at radius 2 is 1.57 bits per heavy atom. The summed E-state index contributed by atoms with van der Waals surface area (Å²) in [4.78, 5) is 30.0. The molecule has 5 rings (SSSR count). The number of carbonyl (C=O) groups excluding carboxylic acids is 2. The van der Waals surface area contributed by atoms with E-state index in [1.54, 1.807) is 6.08 Å². The third-order valence-electron chi connectivity index (χ3n) is 6.96. The number of hydrogen-bond donors (Lipinski definition) is 1. The molecule has 0 unspecified atom stereocenters. The predicted octanol–water partition coefficient (Wildman–Crippen LogP) is 4.32. The van der Waals surface area contributed by atoms with Crippen molar-refractivity contribution in [3.05, 3.63) is 82.7 Å².